The molecule has 0 spiro atoms. The van der Waals surface area contributed by atoms with Gasteiger partial charge in [0, 0.05) is 10.6 Å². The highest BCUT2D eigenvalue weighted by Gasteiger charge is 2.35. The molecule has 0 aromatic carbocycles. The van der Waals surface area contributed by atoms with E-state index in [1.54, 1.807) is 0 Å². The van der Waals surface area contributed by atoms with Crippen molar-refractivity contribution in [2.45, 2.75) is 38.4 Å². The third-order valence-electron chi connectivity index (χ3n) is 2.59. The van der Waals surface area contributed by atoms with Gasteiger partial charge >= 0.3 is 0 Å². The number of rotatable bonds is 0. The maximum absolute atomic E-state index is 5.93. The molecule has 2 atom stereocenters. The molecule has 3 heteroatoms. The van der Waals surface area contributed by atoms with Crippen LogP contribution >= 0.6 is 11.6 Å². The standard InChI is InChI=1S/C11H15ClN2/c1-11(2,3)14-7-13-9-6-8(12)4-5-10(9)14/h4-7,9-10H,1-3H3. The van der Waals surface area contributed by atoms with E-state index in [-0.39, 0.29) is 11.6 Å². The predicted octanol–water partition coefficient (Wildman–Crippen LogP) is 2.56. The number of halogens is 1. The fourth-order valence-electron chi connectivity index (χ4n) is 1.86. The molecule has 0 N–H and O–H groups in total. The molecule has 0 saturated carbocycles. The number of nitrogens with zero attached hydrogens (tertiary/aromatic N) is 2. The lowest BCUT2D eigenvalue weighted by Crippen LogP contribution is -2.46. The molecule has 1 aliphatic heterocycles. The normalized spacial score (nSPS) is 30.6. The lowest BCUT2D eigenvalue weighted by Gasteiger charge is -2.37. The van der Waals surface area contributed by atoms with Gasteiger partial charge in [-0.1, -0.05) is 17.7 Å². The van der Waals surface area contributed by atoms with E-state index in [1.165, 1.54) is 0 Å². The Morgan fingerprint density at radius 2 is 2.14 bits per heavy atom. The van der Waals surface area contributed by atoms with Crippen LogP contribution in [0, 0.1) is 0 Å². The summed E-state index contributed by atoms with van der Waals surface area (Å²) in [6, 6.07) is 0.546. The number of allylic oxidation sites excluding steroid dienone is 2. The van der Waals surface area contributed by atoms with Crippen LogP contribution < -0.4 is 0 Å². The van der Waals surface area contributed by atoms with Gasteiger partial charge in [0.15, 0.2) is 0 Å². The van der Waals surface area contributed by atoms with Gasteiger partial charge in [-0.25, -0.2) is 0 Å². The van der Waals surface area contributed by atoms with Crippen LogP contribution in [0.2, 0.25) is 0 Å². The molecule has 14 heavy (non-hydrogen) atoms. The summed E-state index contributed by atoms with van der Waals surface area (Å²) in [5.41, 5.74) is 0.116. The molecule has 76 valence electrons. The van der Waals surface area contributed by atoms with Crippen LogP contribution in [0.5, 0.6) is 0 Å². The summed E-state index contributed by atoms with van der Waals surface area (Å²) in [5.74, 6) is 0. The van der Waals surface area contributed by atoms with Crippen molar-refractivity contribution in [1.82, 2.24) is 4.90 Å². The summed E-state index contributed by atoms with van der Waals surface area (Å²) in [4.78, 5) is 6.72. The summed E-state index contributed by atoms with van der Waals surface area (Å²) in [5, 5.41) is 0.791. The SMILES string of the molecule is CC(C)(C)N1C=NC2C=C(Cl)C=CC21. The fraction of sp³-hybridized carbons (Fsp3) is 0.545. The quantitative estimate of drug-likeness (QED) is 0.600. The first kappa shape index (κ1) is 9.78. The number of aliphatic imine (C=N–C) groups is 1. The van der Waals surface area contributed by atoms with E-state index in [0.717, 1.165) is 5.03 Å². The second-order valence-electron chi connectivity index (χ2n) is 4.73. The van der Waals surface area contributed by atoms with E-state index >= 15 is 0 Å². The van der Waals surface area contributed by atoms with Gasteiger partial charge in [0.2, 0.25) is 0 Å². The zero-order valence-electron chi connectivity index (χ0n) is 8.74. The third kappa shape index (κ3) is 1.59. The molecule has 0 aromatic rings. The molecule has 0 radical (unpaired) electrons. The molecule has 2 nitrogen and oxygen atoms in total. The molecule has 1 heterocycles. The maximum atomic E-state index is 5.93. The van der Waals surface area contributed by atoms with E-state index in [2.05, 4.69) is 36.7 Å². The first-order valence-electron chi connectivity index (χ1n) is 4.86. The van der Waals surface area contributed by atoms with Crippen molar-refractivity contribution in [2.75, 3.05) is 0 Å². The Balaban J connectivity index is 2.23. The summed E-state index contributed by atoms with van der Waals surface area (Å²) >= 11 is 5.93. The van der Waals surface area contributed by atoms with Crippen LogP contribution in [-0.2, 0) is 0 Å². The topological polar surface area (TPSA) is 15.6 Å². The fourth-order valence-corrected chi connectivity index (χ4v) is 2.06. The van der Waals surface area contributed by atoms with Gasteiger partial charge in [-0.2, -0.15) is 0 Å². The highest BCUT2D eigenvalue weighted by Crippen LogP contribution is 2.29. The number of hydrogen-bond acceptors (Lipinski definition) is 2. The molecule has 2 unspecified atom stereocenters. The molecule has 1 aliphatic carbocycles. The van der Waals surface area contributed by atoms with Crippen molar-refractivity contribution >= 4 is 17.9 Å². The average Bonchev–Trinajstić information content (AvgIpc) is 2.45. The van der Waals surface area contributed by atoms with Crippen LogP contribution in [0.15, 0.2) is 28.3 Å². The summed E-state index contributed by atoms with van der Waals surface area (Å²) in [7, 11) is 0. The molecule has 0 aromatic heterocycles. The van der Waals surface area contributed by atoms with Crippen LogP contribution in [0.4, 0.5) is 0 Å². The van der Waals surface area contributed by atoms with Crippen LogP contribution in [-0.4, -0.2) is 28.9 Å². The van der Waals surface area contributed by atoms with Crippen molar-refractivity contribution in [2.24, 2.45) is 4.99 Å². The molecule has 0 amide bonds. The summed E-state index contributed by atoms with van der Waals surface area (Å²) in [6.07, 6.45) is 8.03. The van der Waals surface area contributed by atoms with Gasteiger partial charge in [-0.15, -0.1) is 0 Å². The first-order chi connectivity index (χ1) is 6.48. The zero-order valence-corrected chi connectivity index (χ0v) is 9.49. The highest BCUT2D eigenvalue weighted by molar-refractivity contribution is 6.31. The Bertz CT molecular complexity index is 323. The van der Waals surface area contributed by atoms with Crippen LogP contribution in [0.3, 0.4) is 0 Å². The van der Waals surface area contributed by atoms with Crippen molar-refractivity contribution < 1.29 is 0 Å². The van der Waals surface area contributed by atoms with Gasteiger partial charge in [-0.3, -0.25) is 4.99 Å². The Labute approximate surface area is 90.0 Å². The Hall–Kier alpha value is -0.760. The molecule has 0 bridgehead atoms. The van der Waals surface area contributed by atoms with E-state index in [9.17, 15) is 0 Å². The lowest BCUT2D eigenvalue weighted by molar-refractivity contribution is 0.217. The number of fused-ring (bicyclic) bond motifs is 1. The first-order valence-corrected chi connectivity index (χ1v) is 5.23. The van der Waals surface area contributed by atoms with Crippen molar-refractivity contribution in [3.8, 4) is 0 Å². The van der Waals surface area contributed by atoms with Gasteiger partial charge in [0.25, 0.3) is 0 Å². The summed E-state index contributed by atoms with van der Waals surface area (Å²) in [6.45, 7) is 6.57. The monoisotopic (exact) mass is 210 g/mol. The average molecular weight is 211 g/mol. The van der Waals surface area contributed by atoms with E-state index in [4.69, 9.17) is 11.6 Å². The maximum Gasteiger partial charge on any atom is 0.0954 e. The lowest BCUT2D eigenvalue weighted by atomic mass is 9.98. The molecule has 0 fully saturated rings. The van der Waals surface area contributed by atoms with E-state index in [0.29, 0.717) is 6.04 Å². The Morgan fingerprint density at radius 3 is 2.79 bits per heavy atom. The van der Waals surface area contributed by atoms with Gasteiger partial charge < -0.3 is 4.90 Å². The molecular formula is C11H15ClN2. The Kier molecular flexibility index (Phi) is 2.18. The second-order valence-corrected chi connectivity index (χ2v) is 5.17. The second kappa shape index (κ2) is 3.13. The molecular weight excluding hydrogens is 196 g/mol. The van der Waals surface area contributed by atoms with Gasteiger partial charge in [-0.05, 0) is 32.9 Å². The molecule has 2 rings (SSSR count). The molecule has 2 aliphatic rings. The van der Waals surface area contributed by atoms with Crippen LogP contribution in [0.1, 0.15) is 20.8 Å². The molecule has 0 saturated heterocycles. The highest BCUT2D eigenvalue weighted by atomic mass is 35.5. The van der Waals surface area contributed by atoms with Gasteiger partial charge in [0.1, 0.15) is 0 Å². The van der Waals surface area contributed by atoms with Crippen molar-refractivity contribution in [3.05, 3.63) is 23.3 Å². The zero-order chi connectivity index (χ0) is 10.3. The van der Waals surface area contributed by atoms with E-state index < -0.39 is 0 Å². The minimum atomic E-state index is 0.116. The van der Waals surface area contributed by atoms with Gasteiger partial charge in [0.05, 0.1) is 18.4 Å². The Morgan fingerprint density at radius 1 is 1.43 bits per heavy atom. The van der Waals surface area contributed by atoms with Crippen molar-refractivity contribution in [3.63, 3.8) is 0 Å². The third-order valence-corrected chi connectivity index (χ3v) is 2.84. The van der Waals surface area contributed by atoms with Crippen molar-refractivity contribution in [1.29, 1.82) is 0 Å². The van der Waals surface area contributed by atoms with E-state index in [1.807, 2.05) is 18.5 Å². The predicted molar refractivity (Wildman–Crippen MR) is 60.7 cm³/mol. The van der Waals surface area contributed by atoms with Crippen LogP contribution in [0.25, 0.3) is 0 Å². The summed E-state index contributed by atoms with van der Waals surface area (Å²) < 4.78 is 0. The largest absolute Gasteiger partial charge is 0.349 e. The smallest absolute Gasteiger partial charge is 0.0954 e. The number of hydrogen-bond donors (Lipinski definition) is 0. The minimum absolute atomic E-state index is 0.116. The minimum Gasteiger partial charge on any atom is -0.349 e.